The molecule has 0 aliphatic heterocycles. The molecule has 0 aliphatic carbocycles. The standard InChI is InChI=1S/C21H15N3O2S2/c22-14-27-16-12-10-15(11-13-16)23-20(25)21(26)24-18-8-4-5-9-19(18)28-17-6-2-1-3-7-17/h1-13H,(H,23,25)(H,24,26). The first kappa shape index (κ1) is 19.5. The second kappa shape index (κ2) is 9.65. The van der Waals surface area contributed by atoms with Crippen molar-refractivity contribution in [2.45, 2.75) is 14.7 Å². The van der Waals surface area contributed by atoms with Gasteiger partial charge in [-0.05, 0) is 60.3 Å². The summed E-state index contributed by atoms with van der Waals surface area (Å²) in [6.07, 6.45) is 0. The molecular weight excluding hydrogens is 390 g/mol. The van der Waals surface area contributed by atoms with Crippen LogP contribution in [-0.4, -0.2) is 11.8 Å². The van der Waals surface area contributed by atoms with E-state index >= 15 is 0 Å². The number of rotatable bonds is 5. The summed E-state index contributed by atoms with van der Waals surface area (Å²) >= 11 is 2.53. The molecule has 0 heterocycles. The van der Waals surface area contributed by atoms with Crippen molar-refractivity contribution in [3.63, 3.8) is 0 Å². The Bertz CT molecular complexity index is 1020. The van der Waals surface area contributed by atoms with Gasteiger partial charge in [-0.3, -0.25) is 9.59 Å². The van der Waals surface area contributed by atoms with Crippen molar-refractivity contribution in [3.05, 3.63) is 78.9 Å². The molecule has 0 saturated heterocycles. The third-order valence-corrected chi connectivity index (χ3v) is 5.27. The number of thioether (sulfide) groups is 1. The van der Waals surface area contributed by atoms with Crippen molar-refractivity contribution in [2.24, 2.45) is 0 Å². The number of hydrogen-bond acceptors (Lipinski definition) is 5. The molecule has 0 aliphatic rings. The first-order chi connectivity index (χ1) is 13.7. The van der Waals surface area contributed by atoms with E-state index in [0.717, 1.165) is 26.4 Å². The van der Waals surface area contributed by atoms with Crippen LogP contribution < -0.4 is 10.6 Å². The van der Waals surface area contributed by atoms with Gasteiger partial charge < -0.3 is 10.6 Å². The summed E-state index contributed by atoms with van der Waals surface area (Å²) in [6, 6.07) is 23.8. The second-order valence-corrected chi connectivity index (χ2v) is 7.51. The van der Waals surface area contributed by atoms with Gasteiger partial charge in [-0.1, -0.05) is 42.1 Å². The van der Waals surface area contributed by atoms with Crippen molar-refractivity contribution in [2.75, 3.05) is 10.6 Å². The molecular formula is C21H15N3O2S2. The summed E-state index contributed by atoms with van der Waals surface area (Å²) in [5.74, 6) is -1.52. The highest BCUT2D eigenvalue weighted by Crippen LogP contribution is 2.33. The SMILES string of the molecule is N#CSc1ccc(NC(=O)C(=O)Nc2ccccc2Sc2ccccc2)cc1. The molecule has 0 atom stereocenters. The number of hydrogen-bond donors (Lipinski definition) is 2. The zero-order valence-electron chi connectivity index (χ0n) is 14.6. The van der Waals surface area contributed by atoms with Crippen LogP contribution in [0.2, 0.25) is 0 Å². The van der Waals surface area contributed by atoms with E-state index in [1.165, 1.54) is 11.8 Å². The average Bonchev–Trinajstić information content (AvgIpc) is 2.72. The lowest BCUT2D eigenvalue weighted by atomic mass is 10.3. The highest BCUT2D eigenvalue weighted by atomic mass is 32.2. The van der Waals surface area contributed by atoms with E-state index in [-0.39, 0.29) is 0 Å². The Labute approximate surface area is 171 Å². The highest BCUT2D eigenvalue weighted by Gasteiger charge is 2.16. The Balaban J connectivity index is 1.65. The molecule has 3 aromatic rings. The average molecular weight is 406 g/mol. The number of nitrogens with zero attached hydrogens (tertiary/aromatic N) is 1. The minimum atomic E-state index is -0.764. The number of thiocyanates is 1. The molecule has 5 nitrogen and oxygen atoms in total. The quantitative estimate of drug-likeness (QED) is 0.355. The van der Waals surface area contributed by atoms with Crippen LogP contribution in [0.5, 0.6) is 0 Å². The Hall–Kier alpha value is -3.21. The fourth-order valence-electron chi connectivity index (χ4n) is 2.30. The van der Waals surface area contributed by atoms with Gasteiger partial charge in [0.15, 0.2) is 0 Å². The van der Waals surface area contributed by atoms with Crippen LogP contribution in [0.4, 0.5) is 11.4 Å². The molecule has 3 aromatic carbocycles. The zero-order chi connectivity index (χ0) is 19.8. The van der Waals surface area contributed by atoms with Gasteiger partial charge in [-0.2, -0.15) is 5.26 Å². The summed E-state index contributed by atoms with van der Waals surface area (Å²) in [4.78, 5) is 27.2. The highest BCUT2D eigenvalue weighted by molar-refractivity contribution is 8.03. The minimum absolute atomic E-state index is 0.481. The number of benzene rings is 3. The van der Waals surface area contributed by atoms with Gasteiger partial charge in [0.2, 0.25) is 0 Å². The van der Waals surface area contributed by atoms with Gasteiger partial charge in [-0.25, -0.2) is 0 Å². The molecule has 2 N–H and O–H groups in total. The summed E-state index contributed by atoms with van der Waals surface area (Å²) in [7, 11) is 0. The first-order valence-corrected chi connectivity index (χ1v) is 9.89. The molecule has 0 bridgehead atoms. The number of para-hydroxylation sites is 1. The van der Waals surface area contributed by atoms with Crippen molar-refractivity contribution >= 4 is 46.7 Å². The van der Waals surface area contributed by atoms with Gasteiger partial charge in [0.25, 0.3) is 0 Å². The third kappa shape index (κ3) is 5.39. The van der Waals surface area contributed by atoms with E-state index in [4.69, 9.17) is 5.26 Å². The van der Waals surface area contributed by atoms with Gasteiger partial charge in [0.1, 0.15) is 5.40 Å². The van der Waals surface area contributed by atoms with Crippen LogP contribution in [0.3, 0.4) is 0 Å². The third-order valence-electron chi connectivity index (χ3n) is 3.59. The van der Waals surface area contributed by atoms with Crippen LogP contribution in [0.25, 0.3) is 0 Å². The molecule has 3 rings (SSSR count). The van der Waals surface area contributed by atoms with Crippen LogP contribution in [0.15, 0.2) is 93.5 Å². The topological polar surface area (TPSA) is 82.0 Å². The Morgan fingerprint density at radius 3 is 2.11 bits per heavy atom. The van der Waals surface area contributed by atoms with Gasteiger partial charge >= 0.3 is 11.8 Å². The van der Waals surface area contributed by atoms with Crippen molar-refractivity contribution in [1.29, 1.82) is 5.26 Å². The molecule has 138 valence electrons. The molecule has 0 radical (unpaired) electrons. The van der Waals surface area contributed by atoms with E-state index in [0.29, 0.717) is 11.4 Å². The van der Waals surface area contributed by atoms with Crippen LogP contribution in [-0.2, 0) is 9.59 Å². The van der Waals surface area contributed by atoms with Crippen LogP contribution in [0, 0.1) is 10.7 Å². The summed E-state index contributed by atoms with van der Waals surface area (Å²) in [6.45, 7) is 0. The summed E-state index contributed by atoms with van der Waals surface area (Å²) in [5, 5.41) is 15.8. The molecule has 0 saturated carbocycles. The Morgan fingerprint density at radius 2 is 1.39 bits per heavy atom. The van der Waals surface area contributed by atoms with Crippen LogP contribution in [0.1, 0.15) is 0 Å². The van der Waals surface area contributed by atoms with Crippen molar-refractivity contribution < 1.29 is 9.59 Å². The van der Waals surface area contributed by atoms with Gasteiger partial charge in [0.05, 0.1) is 5.69 Å². The van der Waals surface area contributed by atoms with E-state index in [9.17, 15) is 9.59 Å². The lowest BCUT2D eigenvalue weighted by Crippen LogP contribution is -2.29. The number of nitrogens with one attached hydrogen (secondary N) is 2. The Kier molecular flexibility index (Phi) is 6.73. The summed E-state index contributed by atoms with van der Waals surface area (Å²) < 4.78 is 0. The molecule has 0 spiro atoms. The smallest absolute Gasteiger partial charge is 0.314 e. The fraction of sp³-hybridized carbons (Fsp3) is 0. The maximum Gasteiger partial charge on any atom is 0.314 e. The lowest BCUT2D eigenvalue weighted by molar-refractivity contribution is -0.133. The normalized spacial score (nSPS) is 9.96. The molecule has 2 amide bonds. The number of carbonyl (C=O) groups is 2. The fourth-order valence-corrected chi connectivity index (χ4v) is 3.60. The lowest BCUT2D eigenvalue weighted by Gasteiger charge is -2.11. The minimum Gasteiger partial charge on any atom is -0.318 e. The van der Waals surface area contributed by atoms with E-state index in [1.807, 2.05) is 47.9 Å². The van der Waals surface area contributed by atoms with Gasteiger partial charge in [0, 0.05) is 20.4 Å². The summed E-state index contributed by atoms with van der Waals surface area (Å²) in [5.41, 5.74) is 1.05. The predicted molar refractivity (Wildman–Crippen MR) is 112 cm³/mol. The first-order valence-electron chi connectivity index (χ1n) is 8.26. The van der Waals surface area contributed by atoms with Crippen molar-refractivity contribution in [3.8, 4) is 5.40 Å². The number of nitriles is 1. The molecule has 28 heavy (non-hydrogen) atoms. The predicted octanol–water partition coefficient (Wildman–Crippen LogP) is 4.99. The molecule has 0 aromatic heterocycles. The van der Waals surface area contributed by atoms with E-state index < -0.39 is 11.8 Å². The maximum absolute atomic E-state index is 12.3. The second-order valence-electron chi connectivity index (χ2n) is 5.54. The van der Waals surface area contributed by atoms with E-state index in [1.54, 1.807) is 36.4 Å². The van der Waals surface area contributed by atoms with Crippen molar-refractivity contribution in [1.82, 2.24) is 0 Å². The molecule has 0 fully saturated rings. The number of anilines is 2. The number of amides is 2. The van der Waals surface area contributed by atoms with Gasteiger partial charge in [-0.15, -0.1) is 0 Å². The number of carbonyl (C=O) groups excluding carboxylic acids is 2. The maximum atomic E-state index is 12.3. The largest absolute Gasteiger partial charge is 0.318 e. The molecule has 7 heteroatoms. The zero-order valence-corrected chi connectivity index (χ0v) is 16.2. The monoisotopic (exact) mass is 405 g/mol. The Morgan fingerprint density at radius 1 is 0.750 bits per heavy atom. The van der Waals surface area contributed by atoms with Crippen LogP contribution >= 0.6 is 23.5 Å². The van der Waals surface area contributed by atoms with E-state index in [2.05, 4.69) is 10.6 Å². The molecule has 0 unspecified atom stereocenters.